The zero-order valence-corrected chi connectivity index (χ0v) is 12.6. The van der Waals surface area contributed by atoms with Gasteiger partial charge >= 0.3 is 0 Å². The third kappa shape index (κ3) is 3.47. The van der Waals surface area contributed by atoms with Crippen molar-refractivity contribution < 1.29 is 0 Å². The highest BCUT2D eigenvalue weighted by molar-refractivity contribution is 6.39. The van der Waals surface area contributed by atoms with Crippen LogP contribution >= 0.6 is 34.8 Å². The first-order chi connectivity index (χ1) is 8.97. The molecule has 0 aliphatic rings. The molecule has 0 aliphatic heterocycles. The molecule has 2 aromatic rings. The molecular weight excluding hydrogens is 303 g/mol. The third-order valence-corrected chi connectivity index (χ3v) is 3.58. The van der Waals surface area contributed by atoms with Crippen LogP contribution in [0.5, 0.6) is 0 Å². The molecule has 0 bridgehead atoms. The Morgan fingerprint density at radius 3 is 2.05 bits per heavy atom. The molecule has 5 heteroatoms. The maximum Gasteiger partial charge on any atom is 0.0746 e. The minimum atomic E-state index is 0.543. The summed E-state index contributed by atoms with van der Waals surface area (Å²) < 4.78 is 0. The van der Waals surface area contributed by atoms with Crippen LogP contribution in [0.25, 0.3) is 0 Å². The summed E-state index contributed by atoms with van der Waals surface area (Å²) >= 11 is 18.3. The lowest BCUT2D eigenvalue weighted by Crippen LogP contribution is -2.17. The SMILES string of the molecule is CN(Cc1ccc(Cl)cc1)c1c(Cl)cc(N)cc1Cl. The van der Waals surface area contributed by atoms with Crippen LogP contribution in [0.4, 0.5) is 11.4 Å². The average molecular weight is 316 g/mol. The standard InChI is InChI=1S/C14H13Cl3N2/c1-19(8-9-2-4-10(15)5-3-9)14-12(16)6-11(18)7-13(14)17/h2-7H,8,18H2,1H3. The third-order valence-electron chi connectivity index (χ3n) is 2.75. The Morgan fingerprint density at radius 1 is 1.00 bits per heavy atom. The molecule has 0 atom stereocenters. The number of halogens is 3. The van der Waals surface area contributed by atoms with Gasteiger partial charge in [-0.3, -0.25) is 0 Å². The summed E-state index contributed by atoms with van der Waals surface area (Å²) in [5.74, 6) is 0. The smallest absolute Gasteiger partial charge is 0.0746 e. The van der Waals surface area contributed by atoms with Crippen LogP contribution in [0, 0.1) is 0 Å². The first kappa shape index (κ1) is 14.3. The van der Waals surface area contributed by atoms with Crippen LogP contribution in [0.1, 0.15) is 5.56 Å². The minimum Gasteiger partial charge on any atom is -0.399 e. The summed E-state index contributed by atoms with van der Waals surface area (Å²) in [7, 11) is 1.93. The van der Waals surface area contributed by atoms with Gasteiger partial charge in [0.2, 0.25) is 0 Å². The van der Waals surface area contributed by atoms with Crippen molar-refractivity contribution in [2.45, 2.75) is 6.54 Å². The fourth-order valence-corrected chi connectivity index (χ4v) is 2.81. The molecule has 19 heavy (non-hydrogen) atoms. The maximum absolute atomic E-state index is 6.19. The first-order valence-corrected chi connectivity index (χ1v) is 6.81. The van der Waals surface area contributed by atoms with Crippen molar-refractivity contribution in [3.8, 4) is 0 Å². The van der Waals surface area contributed by atoms with Crippen molar-refractivity contribution in [2.24, 2.45) is 0 Å². The highest BCUT2D eigenvalue weighted by Gasteiger charge is 2.12. The summed E-state index contributed by atoms with van der Waals surface area (Å²) in [6.45, 7) is 0.681. The summed E-state index contributed by atoms with van der Waals surface area (Å²) in [6.07, 6.45) is 0. The Hall–Kier alpha value is -1.09. The molecule has 0 aliphatic carbocycles. The van der Waals surface area contributed by atoms with Gasteiger partial charge < -0.3 is 10.6 Å². The Bertz CT molecular complexity index is 559. The second-order valence-electron chi connectivity index (χ2n) is 4.32. The van der Waals surface area contributed by atoms with Crippen LogP contribution < -0.4 is 10.6 Å². The van der Waals surface area contributed by atoms with E-state index in [2.05, 4.69) is 0 Å². The minimum absolute atomic E-state index is 0.543. The molecule has 0 radical (unpaired) electrons. The molecule has 0 saturated heterocycles. The lowest BCUT2D eigenvalue weighted by atomic mass is 10.2. The van der Waals surface area contributed by atoms with Crippen LogP contribution in [0.2, 0.25) is 15.1 Å². The van der Waals surface area contributed by atoms with E-state index in [4.69, 9.17) is 40.5 Å². The van der Waals surface area contributed by atoms with E-state index >= 15 is 0 Å². The highest BCUT2D eigenvalue weighted by Crippen LogP contribution is 2.35. The van der Waals surface area contributed by atoms with E-state index in [0.717, 1.165) is 16.3 Å². The lowest BCUT2D eigenvalue weighted by Gasteiger charge is -2.22. The Morgan fingerprint density at radius 2 is 1.53 bits per heavy atom. The van der Waals surface area contributed by atoms with Crippen LogP contribution in [0.15, 0.2) is 36.4 Å². The van der Waals surface area contributed by atoms with Crippen molar-refractivity contribution in [1.82, 2.24) is 0 Å². The molecule has 2 rings (SSSR count). The molecule has 0 spiro atoms. The van der Waals surface area contributed by atoms with Gasteiger partial charge in [-0.25, -0.2) is 0 Å². The predicted molar refractivity (Wildman–Crippen MR) is 84.4 cm³/mol. The molecule has 2 aromatic carbocycles. The predicted octanol–water partition coefficient (Wildman–Crippen LogP) is 4.87. The zero-order chi connectivity index (χ0) is 14.0. The maximum atomic E-state index is 6.19. The van der Waals surface area contributed by atoms with Gasteiger partial charge in [0.25, 0.3) is 0 Å². The average Bonchev–Trinajstić information content (AvgIpc) is 2.30. The van der Waals surface area contributed by atoms with E-state index < -0.39 is 0 Å². The molecular formula is C14H13Cl3N2. The summed E-state index contributed by atoms with van der Waals surface area (Å²) in [5.41, 5.74) is 8.14. The van der Waals surface area contributed by atoms with E-state index in [1.807, 2.05) is 36.2 Å². The molecule has 2 nitrogen and oxygen atoms in total. The number of anilines is 2. The number of nitrogens with zero attached hydrogens (tertiary/aromatic N) is 1. The monoisotopic (exact) mass is 314 g/mol. The molecule has 0 heterocycles. The van der Waals surface area contributed by atoms with Crippen molar-refractivity contribution >= 4 is 46.2 Å². The van der Waals surface area contributed by atoms with Gasteiger partial charge in [-0.2, -0.15) is 0 Å². The van der Waals surface area contributed by atoms with Crippen molar-refractivity contribution in [1.29, 1.82) is 0 Å². The molecule has 0 aromatic heterocycles. The molecule has 2 N–H and O–H groups in total. The van der Waals surface area contributed by atoms with Crippen LogP contribution in [-0.4, -0.2) is 7.05 Å². The molecule has 0 amide bonds. The second-order valence-corrected chi connectivity index (χ2v) is 5.57. The number of nitrogen functional groups attached to an aromatic ring is 1. The quantitative estimate of drug-likeness (QED) is 0.819. The topological polar surface area (TPSA) is 29.3 Å². The van der Waals surface area contributed by atoms with Gasteiger partial charge in [-0.15, -0.1) is 0 Å². The van der Waals surface area contributed by atoms with Gasteiger partial charge in [0, 0.05) is 24.3 Å². The fraction of sp³-hybridized carbons (Fsp3) is 0.143. The van der Waals surface area contributed by atoms with Crippen molar-refractivity contribution in [3.63, 3.8) is 0 Å². The van der Waals surface area contributed by atoms with E-state index in [-0.39, 0.29) is 0 Å². The summed E-state index contributed by atoms with van der Waals surface area (Å²) in [6, 6.07) is 11.0. The van der Waals surface area contributed by atoms with Gasteiger partial charge in [0.15, 0.2) is 0 Å². The van der Waals surface area contributed by atoms with Crippen LogP contribution in [0.3, 0.4) is 0 Å². The fourth-order valence-electron chi connectivity index (χ4n) is 1.89. The molecule has 100 valence electrons. The summed E-state index contributed by atoms with van der Waals surface area (Å²) in [4.78, 5) is 1.98. The van der Waals surface area contributed by atoms with Gasteiger partial charge in [0.1, 0.15) is 0 Å². The zero-order valence-electron chi connectivity index (χ0n) is 10.3. The normalized spacial score (nSPS) is 10.5. The lowest BCUT2D eigenvalue weighted by molar-refractivity contribution is 0.924. The highest BCUT2D eigenvalue weighted by atomic mass is 35.5. The molecule has 0 fully saturated rings. The molecule has 0 saturated carbocycles. The molecule has 0 unspecified atom stereocenters. The number of hydrogen-bond donors (Lipinski definition) is 1. The van der Waals surface area contributed by atoms with Gasteiger partial charge in [-0.05, 0) is 29.8 Å². The second kappa shape index (κ2) is 5.91. The number of rotatable bonds is 3. The first-order valence-electron chi connectivity index (χ1n) is 5.67. The number of nitrogens with two attached hydrogens (primary N) is 1. The van der Waals surface area contributed by atoms with E-state index in [1.54, 1.807) is 12.1 Å². The Balaban J connectivity index is 2.25. The van der Waals surface area contributed by atoms with Gasteiger partial charge in [0.05, 0.1) is 15.7 Å². The summed E-state index contributed by atoms with van der Waals surface area (Å²) in [5, 5.41) is 1.80. The van der Waals surface area contributed by atoms with E-state index in [0.29, 0.717) is 22.3 Å². The van der Waals surface area contributed by atoms with Crippen molar-refractivity contribution in [2.75, 3.05) is 17.7 Å². The Labute approximate surface area is 127 Å². The Kier molecular flexibility index (Phi) is 4.46. The van der Waals surface area contributed by atoms with Crippen LogP contribution in [-0.2, 0) is 6.54 Å². The van der Waals surface area contributed by atoms with E-state index in [1.165, 1.54) is 0 Å². The number of hydrogen-bond acceptors (Lipinski definition) is 2. The number of benzene rings is 2. The largest absolute Gasteiger partial charge is 0.399 e. The van der Waals surface area contributed by atoms with Gasteiger partial charge in [-0.1, -0.05) is 46.9 Å². The van der Waals surface area contributed by atoms with Crippen molar-refractivity contribution in [3.05, 3.63) is 57.0 Å². The van der Waals surface area contributed by atoms with E-state index in [9.17, 15) is 0 Å².